The van der Waals surface area contributed by atoms with Crippen molar-refractivity contribution in [2.45, 2.75) is 12.7 Å². The van der Waals surface area contributed by atoms with E-state index in [0.717, 1.165) is 40.8 Å². The summed E-state index contributed by atoms with van der Waals surface area (Å²) in [4.78, 5) is 19.9. The van der Waals surface area contributed by atoms with Crippen molar-refractivity contribution in [1.29, 1.82) is 0 Å². The van der Waals surface area contributed by atoms with Gasteiger partial charge in [0.15, 0.2) is 0 Å². The SMILES string of the molecule is CNCc1cccc(-c2ccnc3[nH]cc(NC(=O)Nc4ccc(C(F)(F)F)cc4)c23)c1. The number of benzene rings is 2. The highest BCUT2D eigenvalue weighted by Gasteiger charge is 2.30. The number of pyridine rings is 1. The highest BCUT2D eigenvalue weighted by Crippen LogP contribution is 2.33. The maximum atomic E-state index is 12.7. The second-order valence-corrected chi connectivity index (χ2v) is 7.17. The lowest BCUT2D eigenvalue weighted by atomic mass is 10.0. The van der Waals surface area contributed by atoms with Crippen LogP contribution in [0.1, 0.15) is 11.1 Å². The third kappa shape index (κ3) is 4.57. The summed E-state index contributed by atoms with van der Waals surface area (Å²) in [7, 11) is 1.88. The molecule has 2 aromatic carbocycles. The lowest BCUT2D eigenvalue weighted by Crippen LogP contribution is -2.19. The van der Waals surface area contributed by atoms with Crippen molar-refractivity contribution >= 4 is 28.4 Å². The van der Waals surface area contributed by atoms with E-state index >= 15 is 0 Å². The molecule has 0 aliphatic heterocycles. The Labute approximate surface area is 181 Å². The quantitative estimate of drug-likeness (QED) is 0.326. The van der Waals surface area contributed by atoms with Crippen molar-refractivity contribution in [3.8, 4) is 11.1 Å². The number of urea groups is 1. The first kappa shape index (κ1) is 21.4. The average molecular weight is 439 g/mol. The number of hydrogen-bond acceptors (Lipinski definition) is 3. The van der Waals surface area contributed by atoms with Gasteiger partial charge in [-0.15, -0.1) is 0 Å². The molecule has 2 amide bonds. The van der Waals surface area contributed by atoms with Crippen LogP contribution in [0.25, 0.3) is 22.2 Å². The molecule has 0 aliphatic rings. The number of carbonyl (C=O) groups excluding carboxylic acids is 1. The summed E-state index contributed by atoms with van der Waals surface area (Å²) in [5, 5.41) is 9.16. The second kappa shape index (κ2) is 8.72. The number of fused-ring (bicyclic) bond motifs is 1. The van der Waals surface area contributed by atoms with Crippen LogP contribution in [0.5, 0.6) is 0 Å². The predicted molar refractivity (Wildman–Crippen MR) is 118 cm³/mol. The third-order valence-corrected chi connectivity index (χ3v) is 4.91. The van der Waals surface area contributed by atoms with Crippen molar-refractivity contribution in [1.82, 2.24) is 15.3 Å². The molecule has 0 bridgehead atoms. The van der Waals surface area contributed by atoms with Gasteiger partial charge >= 0.3 is 12.2 Å². The Morgan fingerprint density at radius 1 is 1.06 bits per heavy atom. The Balaban J connectivity index is 1.59. The first-order chi connectivity index (χ1) is 15.3. The monoisotopic (exact) mass is 439 g/mol. The first-order valence-electron chi connectivity index (χ1n) is 9.80. The van der Waals surface area contributed by atoms with Gasteiger partial charge in [0, 0.05) is 24.6 Å². The number of nitrogens with zero attached hydrogens (tertiary/aromatic N) is 1. The van der Waals surface area contributed by atoms with Crippen LogP contribution in [0.15, 0.2) is 67.0 Å². The number of alkyl halides is 3. The number of carbonyl (C=O) groups is 1. The number of aromatic amines is 1. The van der Waals surface area contributed by atoms with E-state index in [4.69, 9.17) is 0 Å². The van der Waals surface area contributed by atoms with Crippen molar-refractivity contribution in [3.63, 3.8) is 0 Å². The molecule has 0 saturated heterocycles. The minimum atomic E-state index is -4.43. The molecular weight excluding hydrogens is 419 g/mol. The predicted octanol–water partition coefficient (Wildman–Crippen LogP) is 5.61. The zero-order valence-electron chi connectivity index (χ0n) is 17.0. The molecule has 0 atom stereocenters. The summed E-state index contributed by atoms with van der Waals surface area (Å²) in [6.45, 7) is 0.718. The van der Waals surface area contributed by atoms with Crippen LogP contribution >= 0.6 is 0 Å². The standard InChI is InChI=1S/C23H20F3N5O/c1-27-12-14-3-2-4-15(11-14)18-9-10-28-21-20(18)19(13-29-21)31-22(32)30-17-7-5-16(6-8-17)23(24,25)26/h2-11,13,27H,12H2,1H3,(H,28,29)(H2,30,31,32). The Hall–Kier alpha value is -3.85. The molecule has 0 aliphatic carbocycles. The van der Waals surface area contributed by atoms with Crippen LogP contribution in [0.2, 0.25) is 0 Å². The fourth-order valence-electron chi connectivity index (χ4n) is 3.48. The maximum Gasteiger partial charge on any atom is 0.416 e. The molecule has 9 heteroatoms. The lowest BCUT2D eigenvalue weighted by molar-refractivity contribution is -0.137. The molecule has 4 aromatic rings. The third-order valence-electron chi connectivity index (χ3n) is 4.91. The molecule has 4 rings (SSSR count). The van der Waals surface area contributed by atoms with Gasteiger partial charge in [-0.3, -0.25) is 0 Å². The van der Waals surface area contributed by atoms with E-state index in [-0.39, 0.29) is 5.69 Å². The zero-order valence-corrected chi connectivity index (χ0v) is 17.0. The van der Waals surface area contributed by atoms with Gasteiger partial charge in [0.05, 0.1) is 16.6 Å². The van der Waals surface area contributed by atoms with Crippen molar-refractivity contribution < 1.29 is 18.0 Å². The number of hydrogen-bond donors (Lipinski definition) is 4. The number of anilines is 2. The van der Waals surface area contributed by atoms with Gasteiger partial charge in [0.2, 0.25) is 0 Å². The maximum absolute atomic E-state index is 12.7. The summed E-state index contributed by atoms with van der Waals surface area (Å²) in [5.74, 6) is 0. The zero-order chi connectivity index (χ0) is 22.7. The second-order valence-electron chi connectivity index (χ2n) is 7.17. The van der Waals surface area contributed by atoms with Crippen LogP contribution < -0.4 is 16.0 Å². The van der Waals surface area contributed by atoms with Crippen LogP contribution in [0.3, 0.4) is 0 Å². The molecule has 0 unspecified atom stereocenters. The van der Waals surface area contributed by atoms with E-state index in [0.29, 0.717) is 11.3 Å². The topological polar surface area (TPSA) is 81.8 Å². The highest BCUT2D eigenvalue weighted by atomic mass is 19.4. The largest absolute Gasteiger partial charge is 0.416 e. The summed E-state index contributed by atoms with van der Waals surface area (Å²) in [6.07, 6.45) is -1.12. The van der Waals surface area contributed by atoms with Gasteiger partial charge in [-0.05, 0) is 60.1 Å². The number of rotatable bonds is 5. The fraction of sp³-hybridized carbons (Fsp3) is 0.130. The van der Waals surface area contributed by atoms with Crippen LogP contribution in [0, 0.1) is 0 Å². The molecular formula is C23H20F3N5O. The van der Waals surface area contributed by atoms with Crippen molar-refractivity contribution in [2.24, 2.45) is 0 Å². The Bertz CT molecular complexity index is 1250. The number of amides is 2. The molecule has 164 valence electrons. The summed E-state index contributed by atoms with van der Waals surface area (Å²) in [6, 6.07) is 13.6. The molecule has 0 spiro atoms. The molecule has 2 aromatic heterocycles. The smallest absolute Gasteiger partial charge is 0.344 e. The van der Waals surface area contributed by atoms with Gasteiger partial charge in [0.1, 0.15) is 5.65 Å². The van der Waals surface area contributed by atoms with E-state index < -0.39 is 17.8 Å². The van der Waals surface area contributed by atoms with E-state index in [1.807, 2.05) is 31.3 Å². The lowest BCUT2D eigenvalue weighted by Gasteiger charge is -2.11. The van der Waals surface area contributed by atoms with Crippen molar-refractivity contribution in [3.05, 3.63) is 78.1 Å². The molecule has 6 nitrogen and oxygen atoms in total. The first-order valence-corrected chi connectivity index (χ1v) is 9.80. The van der Waals surface area contributed by atoms with Crippen molar-refractivity contribution in [2.75, 3.05) is 17.7 Å². The Morgan fingerprint density at radius 2 is 1.84 bits per heavy atom. The Morgan fingerprint density at radius 3 is 2.56 bits per heavy atom. The highest BCUT2D eigenvalue weighted by molar-refractivity contribution is 6.09. The normalized spacial score (nSPS) is 11.5. The number of H-pyrrole nitrogens is 1. The van der Waals surface area contributed by atoms with Crippen LogP contribution in [-0.4, -0.2) is 23.0 Å². The molecule has 32 heavy (non-hydrogen) atoms. The van der Waals surface area contributed by atoms with E-state index in [9.17, 15) is 18.0 Å². The molecule has 0 fully saturated rings. The summed E-state index contributed by atoms with van der Waals surface area (Å²) >= 11 is 0. The molecule has 4 N–H and O–H groups in total. The van der Waals surface area contributed by atoms with Crippen LogP contribution in [-0.2, 0) is 12.7 Å². The molecule has 0 saturated carbocycles. The average Bonchev–Trinajstić information content (AvgIpc) is 3.17. The van der Waals surface area contributed by atoms with Gasteiger partial charge < -0.3 is 20.9 Å². The molecule has 0 radical (unpaired) electrons. The minimum absolute atomic E-state index is 0.244. The van der Waals surface area contributed by atoms with E-state index in [2.05, 4.69) is 32.0 Å². The van der Waals surface area contributed by atoms with Gasteiger partial charge in [0.25, 0.3) is 0 Å². The van der Waals surface area contributed by atoms with E-state index in [1.165, 1.54) is 12.1 Å². The summed E-state index contributed by atoms with van der Waals surface area (Å²) < 4.78 is 38.1. The number of halogens is 3. The summed E-state index contributed by atoms with van der Waals surface area (Å²) in [5.41, 5.74) is 3.54. The molecule has 2 heterocycles. The number of nitrogens with one attached hydrogen (secondary N) is 4. The van der Waals surface area contributed by atoms with Gasteiger partial charge in [-0.25, -0.2) is 9.78 Å². The number of aromatic nitrogens is 2. The van der Waals surface area contributed by atoms with Crippen LogP contribution in [0.4, 0.5) is 29.3 Å². The fourth-order valence-corrected chi connectivity index (χ4v) is 3.48. The Kier molecular flexibility index (Phi) is 5.83. The van der Waals surface area contributed by atoms with E-state index in [1.54, 1.807) is 12.4 Å². The van der Waals surface area contributed by atoms with Gasteiger partial charge in [-0.1, -0.05) is 18.2 Å². The van der Waals surface area contributed by atoms with Gasteiger partial charge in [-0.2, -0.15) is 13.2 Å². The minimum Gasteiger partial charge on any atom is -0.344 e.